The first-order valence-corrected chi connectivity index (χ1v) is 10.0. The Morgan fingerprint density at radius 3 is 2.41 bits per heavy atom. The Labute approximate surface area is 183 Å². The highest BCUT2D eigenvalue weighted by Crippen LogP contribution is 2.33. The number of benzene rings is 1. The van der Waals surface area contributed by atoms with Crippen LogP contribution in [0.2, 0.25) is 0 Å². The summed E-state index contributed by atoms with van der Waals surface area (Å²) in [4.78, 5) is 23.8. The Balaban J connectivity index is 1.57. The minimum absolute atomic E-state index is 0.327. The lowest BCUT2D eigenvalue weighted by Crippen LogP contribution is -2.45. The van der Waals surface area contributed by atoms with E-state index in [1.54, 1.807) is 12.3 Å². The number of aryl methyl sites for hydroxylation is 1. The molecular formula is C23H21F3N4O2. The minimum Gasteiger partial charge on any atom is -0.406 e. The first kappa shape index (κ1) is 21.6. The number of aromatic nitrogens is 2. The van der Waals surface area contributed by atoms with E-state index >= 15 is 0 Å². The molecule has 1 fully saturated rings. The smallest absolute Gasteiger partial charge is 0.406 e. The van der Waals surface area contributed by atoms with Crippen molar-refractivity contribution in [1.82, 2.24) is 9.97 Å². The van der Waals surface area contributed by atoms with Crippen LogP contribution in [0.15, 0.2) is 54.9 Å². The van der Waals surface area contributed by atoms with Crippen LogP contribution >= 0.6 is 0 Å². The maximum atomic E-state index is 12.8. The maximum Gasteiger partial charge on any atom is 0.573 e. The molecule has 0 unspecified atom stereocenters. The summed E-state index contributed by atoms with van der Waals surface area (Å²) in [7, 11) is 0. The van der Waals surface area contributed by atoms with Crippen molar-refractivity contribution < 1.29 is 22.7 Å². The molecule has 1 aromatic carbocycles. The zero-order valence-corrected chi connectivity index (χ0v) is 17.5. The van der Waals surface area contributed by atoms with Crippen LogP contribution in [0.1, 0.15) is 23.0 Å². The van der Waals surface area contributed by atoms with Gasteiger partial charge in [0.2, 0.25) is 0 Å². The number of rotatable bonds is 5. The van der Waals surface area contributed by atoms with Gasteiger partial charge >= 0.3 is 6.36 Å². The number of anilines is 2. The van der Waals surface area contributed by atoms with Gasteiger partial charge in [-0.2, -0.15) is 0 Å². The third kappa shape index (κ3) is 4.99. The zero-order chi connectivity index (χ0) is 22.9. The van der Waals surface area contributed by atoms with Crippen molar-refractivity contribution in [3.05, 3.63) is 66.1 Å². The Hall–Kier alpha value is -3.62. The van der Waals surface area contributed by atoms with E-state index in [1.807, 2.05) is 19.1 Å². The normalized spacial score (nSPS) is 14.1. The van der Waals surface area contributed by atoms with E-state index in [1.165, 1.54) is 18.3 Å². The number of pyridine rings is 2. The predicted octanol–water partition coefficient (Wildman–Crippen LogP) is 5.06. The minimum atomic E-state index is -4.77. The van der Waals surface area contributed by atoms with Gasteiger partial charge in [-0.1, -0.05) is 13.0 Å². The lowest BCUT2D eigenvalue weighted by atomic mass is 9.99. The predicted molar refractivity (Wildman–Crippen MR) is 115 cm³/mol. The molecule has 0 bridgehead atoms. The largest absolute Gasteiger partial charge is 0.573 e. The summed E-state index contributed by atoms with van der Waals surface area (Å²) in [5.74, 6) is 0.582. The van der Waals surface area contributed by atoms with Gasteiger partial charge in [-0.15, -0.1) is 13.2 Å². The maximum absolute atomic E-state index is 12.8. The molecule has 166 valence electrons. The number of halogens is 3. The molecule has 2 aromatic heterocycles. The summed E-state index contributed by atoms with van der Waals surface area (Å²) in [5.41, 5.74) is 3.19. The molecule has 6 nitrogen and oxygen atoms in total. The number of carbonyl (C=O) groups is 1. The van der Waals surface area contributed by atoms with Gasteiger partial charge in [-0.3, -0.25) is 9.78 Å². The summed E-state index contributed by atoms with van der Waals surface area (Å²) in [6.07, 6.45) is -1.52. The summed E-state index contributed by atoms with van der Waals surface area (Å²) < 4.78 is 40.8. The second-order valence-corrected chi connectivity index (χ2v) is 7.82. The van der Waals surface area contributed by atoms with E-state index in [0.717, 1.165) is 47.9 Å². The first-order valence-electron chi connectivity index (χ1n) is 10.0. The molecule has 0 saturated carbocycles. The van der Waals surface area contributed by atoms with E-state index in [4.69, 9.17) is 0 Å². The number of alkyl halides is 3. The standard InChI is InChI=1S/C23H21F3N4O2/c1-14-12-30(13-14)21-20(16-4-3-15(2)27-10-16)9-17(11-28-21)22(31)29-18-5-7-19(8-6-18)32-23(24,25)26/h3-11,14H,12-13H2,1-2H3,(H,29,31). The summed E-state index contributed by atoms with van der Waals surface area (Å²) >= 11 is 0. The molecule has 1 aliphatic heterocycles. The second kappa shape index (κ2) is 8.49. The molecule has 32 heavy (non-hydrogen) atoms. The van der Waals surface area contributed by atoms with E-state index in [-0.39, 0.29) is 5.75 Å². The number of hydrogen-bond acceptors (Lipinski definition) is 5. The number of nitrogens with one attached hydrogen (secondary N) is 1. The fourth-order valence-electron chi connectivity index (χ4n) is 3.49. The SMILES string of the molecule is Cc1ccc(-c2cc(C(=O)Nc3ccc(OC(F)(F)F)cc3)cnc2N2CC(C)C2)cn1. The molecular weight excluding hydrogens is 421 g/mol. The molecule has 0 spiro atoms. The van der Waals surface area contributed by atoms with Gasteiger partial charge in [0.15, 0.2) is 0 Å². The molecule has 1 aliphatic rings. The van der Waals surface area contributed by atoms with E-state index in [0.29, 0.717) is 17.2 Å². The lowest BCUT2D eigenvalue weighted by molar-refractivity contribution is -0.274. The van der Waals surface area contributed by atoms with Crippen molar-refractivity contribution in [2.24, 2.45) is 5.92 Å². The van der Waals surface area contributed by atoms with Crippen LogP contribution < -0.4 is 15.0 Å². The zero-order valence-electron chi connectivity index (χ0n) is 17.5. The van der Waals surface area contributed by atoms with Crippen LogP contribution in [0.3, 0.4) is 0 Å². The number of hydrogen-bond donors (Lipinski definition) is 1. The van der Waals surface area contributed by atoms with E-state index in [2.05, 4.69) is 31.8 Å². The lowest BCUT2D eigenvalue weighted by Gasteiger charge is -2.39. The highest BCUT2D eigenvalue weighted by molar-refractivity contribution is 6.05. The van der Waals surface area contributed by atoms with Crippen molar-refractivity contribution >= 4 is 17.4 Å². The van der Waals surface area contributed by atoms with Crippen molar-refractivity contribution in [3.8, 4) is 16.9 Å². The van der Waals surface area contributed by atoms with Gasteiger partial charge < -0.3 is 15.0 Å². The van der Waals surface area contributed by atoms with Gasteiger partial charge in [-0.25, -0.2) is 4.98 Å². The molecule has 3 heterocycles. The molecule has 1 amide bonds. The van der Waals surface area contributed by atoms with Crippen LogP contribution in [-0.4, -0.2) is 35.3 Å². The van der Waals surface area contributed by atoms with Gasteiger partial charge in [0, 0.05) is 48.0 Å². The van der Waals surface area contributed by atoms with Crippen LogP contribution in [-0.2, 0) is 0 Å². The van der Waals surface area contributed by atoms with Crippen LogP contribution in [0.25, 0.3) is 11.1 Å². The van der Waals surface area contributed by atoms with Gasteiger partial charge in [0.05, 0.1) is 5.56 Å². The van der Waals surface area contributed by atoms with E-state index < -0.39 is 12.3 Å². The van der Waals surface area contributed by atoms with E-state index in [9.17, 15) is 18.0 Å². The molecule has 1 saturated heterocycles. The summed E-state index contributed by atoms with van der Waals surface area (Å²) in [6.45, 7) is 5.83. The van der Waals surface area contributed by atoms with Gasteiger partial charge in [-0.05, 0) is 49.2 Å². The number of ether oxygens (including phenoxy) is 1. The quantitative estimate of drug-likeness (QED) is 0.598. The summed E-state index contributed by atoms with van der Waals surface area (Å²) in [6, 6.07) is 10.5. The van der Waals surface area contributed by atoms with Crippen LogP contribution in [0.4, 0.5) is 24.7 Å². The molecule has 1 N–H and O–H groups in total. The number of carbonyl (C=O) groups excluding carboxylic acids is 1. The number of nitrogens with zero attached hydrogens (tertiary/aromatic N) is 3. The van der Waals surface area contributed by atoms with Gasteiger partial charge in [0.25, 0.3) is 5.91 Å². The monoisotopic (exact) mass is 442 g/mol. The van der Waals surface area contributed by atoms with Crippen LogP contribution in [0, 0.1) is 12.8 Å². The van der Waals surface area contributed by atoms with Crippen LogP contribution in [0.5, 0.6) is 5.75 Å². The average molecular weight is 442 g/mol. The topological polar surface area (TPSA) is 67.3 Å². The first-order chi connectivity index (χ1) is 15.2. The Bertz CT molecular complexity index is 1110. The number of amides is 1. The molecule has 3 aromatic rings. The Kier molecular flexibility index (Phi) is 5.73. The van der Waals surface area contributed by atoms with Crippen molar-refractivity contribution in [2.75, 3.05) is 23.3 Å². The summed E-state index contributed by atoms with van der Waals surface area (Å²) in [5, 5.41) is 2.67. The average Bonchev–Trinajstić information content (AvgIpc) is 2.72. The van der Waals surface area contributed by atoms with Crippen molar-refractivity contribution in [1.29, 1.82) is 0 Å². The molecule has 0 radical (unpaired) electrons. The molecule has 0 aliphatic carbocycles. The Morgan fingerprint density at radius 2 is 1.81 bits per heavy atom. The third-order valence-electron chi connectivity index (χ3n) is 5.06. The Morgan fingerprint density at radius 1 is 1.09 bits per heavy atom. The van der Waals surface area contributed by atoms with Crippen molar-refractivity contribution in [3.63, 3.8) is 0 Å². The fourth-order valence-corrected chi connectivity index (χ4v) is 3.49. The second-order valence-electron chi connectivity index (χ2n) is 7.82. The van der Waals surface area contributed by atoms with Crippen molar-refractivity contribution in [2.45, 2.75) is 20.2 Å². The highest BCUT2D eigenvalue weighted by Gasteiger charge is 2.31. The fraction of sp³-hybridized carbons (Fsp3) is 0.261. The van der Waals surface area contributed by atoms with Gasteiger partial charge in [0.1, 0.15) is 11.6 Å². The molecule has 0 atom stereocenters. The molecule has 9 heteroatoms. The molecule has 4 rings (SSSR count). The highest BCUT2D eigenvalue weighted by atomic mass is 19.4. The third-order valence-corrected chi connectivity index (χ3v) is 5.06.